The summed E-state index contributed by atoms with van der Waals surface area (Å²) < 4.78 is 13.9. The van der Waals surface area contributed by atoms with Gasteiger partial charge in [-0.15, -0.1) is 0 Å². The Morgan fingerprint density at radius 1 is 1.33 bits per heavy atom. The first-order valence-corrected chi connectivity index (χ1v) is 7.15. The van der Waals surface area contributed by atoms with Crippen LogP contribution in [0, 0.1) is 12.7 Å². The Labute approximate surface area is 112 Å². The van der Waals surface area contributed by atoms with Crippen molar-refractivity contribution < 1.29 is 4.39 Å². The number of halogens is 1. The largest absolute Gasteiger partial charge is 0.310 e. The number of thiophene rings is 1. The van der Waals surface area contributed by atoms with Crippen LogP contribution in [0.3, 0.4) is 0 Å². The van der Waals surface area contributed by atoms with Gasteiger partial charge in [-0.2, -0.15) is 11.3 Å². The van der Waals surface area contributed by atoms with Crippen molar-refractivity contribution in [2.45, 2.75) is 26.3 Å². The molecule has 2 rings (SSSR count). The van der Waals surface area contributed by atoms with E-state index >= 15 is 0 Å². The van der Waals surface area contributed by atoms with Crippen LogP contribution in [0.5, 0.6) is 0 Å². The minimum Gasteiger partial charge on any atom is -0.310 e. The summed E-state index contributed by atoms with van der Waals surface area (Å²) in [6.07, 6.45) is 0.831. The van der Waals surface area contributed by atoms with E-state index in [1.165, 1.54) is 5.56 Å². The zero-order valence-corrected chi connectivity index (χ0v) is 11.6. The molecule has 0 saturated carbocycles. The summed E-state index contributed by atoms with van der Waals surface area (Å²) in [4.78, 5) is 0. The fourth-order valence-electron chi connectivity index (χ4n) is 2.11. The lowest BCUT2D eigenvalue weighted by molar-refractivity contribution is 0.510. The highest BCUT2D eigenvalue weighted by Gasteiger charge is 2.15. The second kappa shape index (κ2) is 6.12. The molecular weight excluding hydrogens is 245 g/mol. The van der Waals surface area contributed by atoms with Crippen LogP contribution in [0.1, 0.15) is 29.7 Å². The van der Waals surface area contributed by atoms with Crippen LogP contribution in [0.15, 0.2) is 35.0 Å². The van der Waals surface area contributed by atoms with Crippen LogP contribution >= 0.6 is 11.3 Å². The maximum atomic E-state index is 13.9. The molecule has 0 fully saturated rings. The van der Waals surface area contributed by atoms with Gasteiger partial charge >= 0.3 is 0 Å². The van der Waals surface area contributed by atoms with Gasteiger partial charge in [-0.25, -0.2) is 4.39 Å². The molecule has 1 N–H and O–H groups in total. The lowest BCUT2D eigenvalue weighted by Gasteiger charge is -2.19. The molecule has 1 aromatic heterocycles. The Morgan fingerprint density at radius 2 is 2.17 bits per heavy atom. The predicted octanol–water partition coefficient (Wildman–Crippen LogP) is 4.09. The van der Waals surface area contributed by atoms with Gasteiger partial charge in [-0.1, -0.05) is 24.6 Å². The molecule has 0 bridgehead atoms. The van der Waals surface area contributed by atoms with Gasteiger partial charge in [0.15, 0.2) is 0 Å². The van der Waals surface area contributed by atoms with Crippen LogP contribution in [0.2, 0.25) is 0 Å². The molecule has 0 radical (unpaired) electrons. The van der Waals surface area contributed by atoms with Gasteiger partial charge in [0.2, 0.25) is 0 Å². The second-order valence-electron chi connectivity index (χ2n) is 4.47. The Balaban J connectivity index is 2.26. The highest BCUT2D eigenvalue weighted by Crippen LogP contribution is 2.23. The van der Waals surface area contributed by atoms with E-state index in [0.29, 0.717) is 0 Å². The second-order valence-corrected chi connectivity index (χ2v) is 5.25. The summed E-state index contributed by atoms with van der Waals surface area (Å²) in [6, 6.07) is 7.46. The van der Waals surface area contributed by atoms with Crippen molar-refractivity contribution in [2.75, 3.05) is 6.54 Å². The summed E-state index contributed by atoms with van der Waals surface area (Å²) in [5.41, 5.74) is 3.12. The van der Waals surface area contributed by atoms with Crippen molar-refractivity contribution in [3.63, 3.8) is 0 Å². The molecule has 0 saturated heterocycles. The van der Waals surface area contributed by atoms with E-state index in [2.05, 4.69) is 22.1 Å². The molecule has 18 heavy (non-hydrogen) atoms. The Morgan fingerprint density at radius 3 is 2.83 bits per heavy atom. The minimum absolute atomic E-state index is 0.0458. The maximum Gasteiger partial charge on any atom is 0.128 e. The number of likely N-dealkylation sites (N-methyl/N-ethyl adjacent to an activating group) is 1. The van der Waals surface area contributed by atoms with Gasteiger partial charge < -0.3 is 5.32 Å². The van der Waals surface area contributed by atoms with Crippen molar-refractivity contribution in [2.24, 2.45) is 0 Å². The molecule has 1 atom stereocenters. The molecule has 0 aliphatic carbocycles. The molecule has 0 spiro atoms. The van der Waals surface area contributed by atoms with Crippen LogP contribution in [-0.4, -0.2) is 6.54 Å². The smallest absolute Gasteiger partial charge is 0.128 e. The van der Waals surface area contributed by atoms with Crippen molar-refractivity contribution in [1.82, 2.24) is 5.32 Å². The number of benzene rings is 1. The number of hydrogen-bond acceptors (Lipinski definition) is 2. The van der Waals surface area contributed by atoms with Crippen LogP contribution in [0.25, 0.3) is 0 Å². The normalized spacial score (nSPS) is 12.6. The fourth-order valence-corrected chi connectivity index (χ4v) is 2.79. The van der Waals surface area contributed by atoms with Crippen LogP contribution < -0.4 is 5.32 Å². The fraction of sp³-hybridized carbons (Fsp3) is 0.333. The Hall–Kier alpha value is -1.19. The van der Waals surface area contributed by atoms with Gasteiger partial charge in [0.05, 0.1) is 0 Å². The zero-order chi connectivity index (χ0) is 13.0. The molecule has 3 heteroatoms. The third-order valence-electron chi connectivity index (χ3n) is 3.00. The number of nitrogens with one attached hydrogen (secondary N) is 1. The first-order chi connectivity index (χ1) is 8.70. The molecule has 0 aliphatic rings. The lowest BCUT2D eigenvalue weighted by atomic mass is 9.98. The van der Waals surface area contributed by atoms with Gasteiger partial charge in [0.1, 0.15) is 5.82 Å². The van der Waals surface area contributed by atoms with Gasteiger partial charge in [0, 0.05) is 11.6 Å². The van der Waals surface area contributed by atoms with Crippen molar-refractivity contribution in [3.05, 3.63) is 57.5 Å². The summed E-state index contributed by atoms with van der Waals surface area (Å²) >= 11 is 1.68. The van der Waals surface area contributed by atoms with E-state index in [-0.39, 0.29) is 11.9 Å². The van der Waals surface area contributed by atoms with E-state index < -0.39 is 0 Å². The first-order valence-electron chi connectivity index (χ1n) is 6.21. The molecule has 0 amide bonds. The molecule has 1 unspecified atom stereocenters. The van der Waals surface area contributed by atoms with Crippen LogP contribution in [0.4, 0.5) is 4.39 Å². The first kappa shape index (κ1) is 13.2. The number of rotatable bonds is 5. The molecular formula is C15H18FNS. The molecule has 1 heterocycles. The van der Waals surface area contributed by atoms with E-state index in [0.717, 1.165) is 24.1 Å². The summed E-state index contributed by atoms with van der Waals surface area (Å²) in [6.45, 7) is 4.88. The SMILES string of the molecule is CCNC(Cc1ccsc1)c1cc(C)ccc1F. The molecule has 96 valence electrons. The third-order valence-corrected chi connectivity index (χ3v) is 3.73. The van der Waals surface area contributed by atoms with E-state index in [4.69, 9.17) is 0 Å². The van der Waals surface area contributed by atoms with Gasteiger partial charge in [-0.3, -0.25) is 0 Å². The minimum atomic E-state index is -0.123. The third kappa shape index (κ3) is 3.18. The predicted molar refractivity (Wildman–Crippen MR) is 75.6 cm³/mol. The molecule has 0 aliphatic heterocycles. The molecule has 2 aromatic rings. The van der Waals surface area contributed by atoms with Gasteiger partial charge in [-0.05, 0) is 48.3 Å². The van der Waals surface area contributed by atoms with Gasteiger partial charge in [0.25, 0.3) is 0 Å². The van der Waals surface area contributed by atoms with Crippen molar-refractivity contribution >= 4 is 11.3 Å². The lowest BCUT2D eigenvalue weighted by Crippen LogP contribution is -2.23. The highest BCUT2D eigenvalue weighted by molar-refractivity contribution is 7.07. The zero-order valence-electron chi connectivity index (χ0n) is 10.7. The summed E-state index contributed by atoms with van der Waals surface area (Å²) in [7, 11) is 0. The van der Waals surface area contributed by atoms with E-state index in [1.54, 1.807) is 17.4 Å². The Bertz CT molecular complexity index is 493. The Kier molecular flexibility index (Phi) is 4.50. The monoisotopic (exact) mass is 263 g/mol. The molecule has 1 nitrogen and oxygen atoms in total. The average molecular weight is 263 g/mol. The standard InChI is InChI=1S/C15H18FNS/c1-3-17-15(9-12-6-7-18-10-12)13-8-11(2)4-5-14(13)16/h4-8,10,15,17H,3,9H2,1-2H3. The highest BCUT2D eigenvalue weighted by atomic mass is 32.1. The van der Waals surface area contributed by atoms with E-state index in [9.17, 15) is 4.39 Å². The topological polar surface area (TPSA) is 12.0 Å². The number of aryl methyl sites for hydroxylation is 1. The summed E-state index contributed by atoms with van der Waals surface area (Å²) in [5.74, 6) is -0.123. The number of hydrogen-bond donors (Lipinski definition) is 1. The average Bonchev–Trinajstić information content (AvgIpc) is 2.85. The summed E-state index contributed by atoms with van der Waals surface area (Å²) in [5, 5.41) is 7.55. The quantitative estimate of drug-likeness (QED) is 0.856. The molecule has 1 aromatic carbocycles. The van der Waals surface area contributed by atoms with Crippen LogP contribution in [-0.2, 0) is 6.42 Å². The van der Waals surface area contributed by atoms with Crippen molar-refractivity contribution in [3.8, 4) is 0 Å². The van der Waals surface area contributed by atoms with E-state index in [1.807, 2.05) is 26.0 Å². The maximum absolute atomic E-state index is 13.9. The van der Waals surface area contributed by atoms with Crippen molar-refractivity contribution in [1.29, 1.82) is 0 Å².